The van der Waals surface area contributed by atoms with Crippen LogP contribution in [0.3, 0.4) is 0 Å². The summed E-state index contributed by atoms with van der Waals surface area (Å²) in [6.07, 6.45) is 5.46. The number of hydrogen-bond donors (Lipinski definition) is 1. The van der Waals surface area contributed by atoms with Gasteiger partial charge in [-0.15, -0.1) is 0 Å². The van der Waals surface area contributed by atoms with Gasteiger partial charge in [-0.3, -0.25) is 0 Å². The molecule has 0 radical (unpaired) electrons. The molecule has 0 aliphatic carbocycles. The molecule has 2 N–H and O–H groups in total. The largest absolute Gasteiger partial charge is 0.493 e. The highest BCUT2D eigenvalue weighted by atomic mass is 16.5. The molecule has 16 heavy (non-hydrogen) atoms. The number of hydrogen-bond acceptors (Lipinski definition) is 2. The zero-order valence-corrected chi connectivity index (χ0v) is 10.0. The van der Waals surface area contributed by atoms with E-state index in [2.05, 4.69) is 25.1 Å². The van der Waals surface area contributed by atoms with Crippen LogP contribution in [0, 0.1) is 0 Å². The summed E-state index contributed by atoms with van der Waals surface area (Å²) in [5.41, 5.74) is 8.73. The number of aryl methyl sites for hydroxylation is 1. The highest BCUT2D eigenvalue weighted by molar-refractivity contribution is 5.44. The lowest BCUT2D eigenvalue weighted by Crippen LogP contribution is -2.20. The Kier molecular flexibility index (Phi) is 3.83. The second-order valence-corrected chi connectivity index (χ2v) is 4.59. The SMILES string of the molecule is CCCC(N)CCc1cccc2c1OCC2. The van der Waals surface area contributed by atoms with Gasteiger partial charge in [0.2, 0.25) is 0 Å². The van der Waals surface area contributed by atoms with Crippen molar-refractivity contribution in [2.45, 2.75) is 45.1 Å². The van der Waals surface area contributed by atoms with Crippen LogP contribution in [-0.2, 0) is 12.8 Å². The van der Waals surface area contributed by atoms with Crippen LogP contribution >= 0.6 is 0 Å². The Morgan fingerprint density at radius 3 is 3.06 bits per heavy atom. The molecule has 0 saturated carbocycles. The molecule has 0 fully saturated rings. The lowest BCUT2D eigenvalue weighted by molar-refractivity contribution is 0.352. The number of ether oxygens (including phenoxy) is 1. The fourth-order valence-electron chi connectivity index (χ4n) is 2.34. The minimum absolute atomic E-state index is 0.335. The maximum atomic E-state index is 6.04. The molecule has 1 heterocycles. The van der Waals surface area contributed by atoms with E-state index in [-0.39, 0.29) is 0 Å². The fraction of sp³-hybridized carbons (Fsp3) is 0.571. The first kappa shape index (κ1) is 11.5. The zero-order chi connectivity index (χ0) is 11.4. The van der Waals surface area contributed by atoms with E-state index in [1.807, 2.05) is 0 Å². The first-order valence-corrected chi connectivity index (χ1v) is 6.30. The molecule has 0 spiro atoms. The molecule has 1 atom stereocenters. The summed E-state index contributed by atoms with van der Waals surface area (Å²) >= 11 is 0. The average molecular weight is 219 g/mol. The van der Waals surface area contributed by atoms with Crippen LogP contribution in [-0.4, -0.2) is 12.6 Å². The zero-order valence-electron chi connectivity index (χ0n) is 10.0. The van der Waals surface area contributed by atoms with Crippen molar-refractivity contribution in [3.05, 3.63) is 29.3 Å². The van der Waals surface area contributed by atoms with Crippen LogP contribution in [0.1, 0.15) is 37.3 Å². The van der Waals surface area contributed by atoms with Gasteiger partial charge >= 0.3 is 0 Å². The van der Waals surface area contributed by atoms with E-state index in [1.54, 1.807) is 0 Å². The number of benzene rings is 1. The standard InChI is InChI=1S/C14H21NO/c1-2-4-13(15)8-7-11-5-3-6-12-9-10-16-14(11)12/h3,5-6,13H,2,4,7-10,15H2,1H3. The molecule has 2 nitrogen and oxygen atoms in total. The highest BCUT2D eigenvalue weighted by Crippen LogP contribution is 2.30. The third kappa shape index (κ3) is 2.56. The van der Waals surface area contributed by atoms with Gasteiger partial charge < -0.3 is 10.5 Å². The van der Waals surface area contributed by atoms with Crippen LogP contribution in [0.5, 0.6) is 5.75 Å². The van der Waals surface area contributed by atoms with E-state index in [9.17, 15) is 0 Å². The van der Waals surface area contributed by atoms with E-state index in [0.29, 0.717) is 6.04 Å². The summed E-state index contributed by atoms with van der Waals surface area (Å²) in [6.45, 7) is 3.02. The van der Waals surface area contributed by atoms with Crippen LogP contribution < -0.4 is 10.5 Å². The van der Waals surface area contributed by atoms with E-state index in [4.69, 9.17) is 10.5 Å². The van der Waals surface area contributed by atoms with Gasteiger partial charge in [-0.1, -0.05) is 31.5 Å². The Morgan fingerprint density at radius 1 is 1.38 bits per heavy atom. The van der Waals surface area contributed by atoms with Crippen molar-refractivity contribution >= 4 is 0 Å². The summed E-state index contributed by atoms with van der Waals surface area (Å²) in [7, 11) is 0. The Balaban J connectivity index is 1.97. The topological polar surface area (TPSA) is 35.2 Å². The maximum Gasteiger partial charge on any atom is 0.125 e. The van der Waals surface area contributed by atoms with E-state index < -0.39 is 0 Å². The summed E-state index contributed by atoms with van der Waals surface area (Å²) in [5, 5.41) is 0. The molecule has 0 aromatic heterocycles. The Hall–Kier alpha value is -1.02. The summed E-state index contributed by atoms with van der Waals surface area (Å²) in [4.78, 5) is 0. The van der Waals surface area contributed by atoms with Gasteiger partial charge in [0, 0.05) is 12.5 Å². The first-order chi connectivity index (χ1) is 7.81. The Morgan fingerprint density at radius 2 is 2.25 bits per heavy atom. The van der Waals surface area contributed by atoms with Gasteiger partial charge in [0.15, 0.2) is 0 Å². The molecular formula is C14H21NO. The summed E-state index contributed by atoms with van der Waals surface area (Å²) < 4.78 is 5.68. The molecule has 1 aromatic rings. The van der Waals surface area contributed by atoms with Crippen molar-refractivity contribution in [2.75, 3.05) is 6.61 Å². The molecule has 0 saturated heterocycles. The van der Waals surface area contributed by atoms with Gasteiger partial charge in [0.05, 0.1) is 6.61 Å². The lowest BCUT2D eigenvalue weighted by atomic mass is 10.00. The molecule has 2 rings (SSSR count). The van der Waals surface area contributed by atoms with Crippen molar-refractivity contribution in [2.24, 2.45) is 5.73 Å². The molecule has 2 heteroatoms. The third-order valence-electron chi connectivity index (χ3n) is 3.24. The predicted octanol–water partition coefficient (Wildman–Crippen LogP) is 2.68. The van der Waals surface area contributed by atoms with Crippen molar-refractivity contribution in [3.8, 4) is 5.75 Å². The molecule has 1 unspecified atom stereocenters. The fourth-order valence-corrected chi connectivity index (χ4v) is 2.34. The third-order valence-corrected chi connectivity index (χ3v) is 3.24. The van der Waals surface area contributed by atoms with Gasteiger partial charge in [-0.2, -0.15) is 0 Å². The normalized spacial score (nSPS) is 15.6. The lowest BCUT2D eigenvalue weighted by Gasteiger charge is -2.12. The molecule has 0 amide bonds. The number of fused-ring (bicyclic) bond motifs is 1. The van der Waals surface area contributed by atoms with Crippen LogP contribution in [0.2, 0.25) is 0 Å². The first-order valence-electron chi connectivity index (χ1n) is 6.30. The quantitative estimate of drug-likeness (QED) is 0.826. The molecular weight excluding hydrogens is 198 g/mol. The molecule has 1 aromatic carbocycles. The molecule has 1 aliphatic rings. The minimum Gasteiger partial charge on any atom is -0.493 e. The van der Waals surface area contributed by atoms with E-state index >= 15 is 0 Å². The summed E-state index contributed by atoms with van der Waals surface area (Å²) in [5.74, 6) is 1.13. The van der Waals surface area contributed by atoms with E-state index in [1.165, 1.54) is 17.5 Å². The Bertz CT molecular complexity index is 349. The second-order valence-electron chi connectivity index (χ2n) is 4.59. The van der Waals surface area contributed by atoms with Gasteiger partial charge in [-0.05, 0) is 30.4 Å². The monoisotopic (exact) mass is 219 g/mol. The highest BCUT2D eigenvalue weighted by Gasteiger charge is 2.15. The van der Waals surface area contributed by atoms with Crippen molar-refractivity contribution in [3.63, 3.8) is 0 Å². The Labute approximate surface area is 97.8 Å². The minimum atomic E-state index is 0.335. The molecule has 88 valence electrons. The van der Waals surface area contributed by atoms with Crippen molar-refractivity contribution in [1.29, 1.82) is 0 Å². The van der Waals surface area contributed by atoms with Crippen LogP contribution in [0.25, 0.3) is 0 Å². The van der Waals surface area contributed by atoms with Gasteiger partial charge in [-0.25, -0.2) is 0 Å². The van der Waals surface area contributed by atoms with Crippen LogP contribution in [0.4, 0.5) is 0 Å². The number of nitrogens with two attached hydrogens (primary N) is 1. The average Bonchev–Trinajstić information content (AvgIpc) is 2.75. The number of rotatable bonds is 5. The molecule has 0 bridgehead atoms. The second kappa shape index (κ2) is 5.35. The van der Waals surface area contributed by atoms with E-state index in [0.717, 1.165) is 38.0 Å². The van der Waals surface area contributed by atoms with Crippen molar-refractivity contribution < 1.29 is 4.74 Å². The van der Waals surface area contributed by atoms with Gasteiger partial charge in [0.25, 0.3) is 0 Å². The number of para-hydroxylation sites is 1. The smallest absolute Gasteiger partial charge is 0.125 e. The van der Waals surface area contributed by atoms with Crippen molar-refractivity contribution in [1.82, 2.24) is 0 Å². The summed E-state index contributed by atoms with van der Waals surface area (Å²) in [6, 6.07) is 6.80. The van der Waals surface area contributed by atoms with Gasteiger partial charge in [0.1, 0.15) is 5.75 Å². The molecule has 1 aliphatic heterocycles. The maximum absolute atomic E-state index is 6.04. The van der Waals surface area contributed by atoms with Crippen LogP contribution in [0.15, 0.2) is 18.2 Å². The predicted molar refractivity (Wildman–Crippen MR) is 66.8 cm³/mol.